The van der Waals surface area contributed by atoms with Gasteiger partial charge in [-0.1, -0.05) is 44.9 Å². The Labute approximate surface area is 128 Å². The number of nitrogens with zero attached hydrogens (tertiary/aromatic N) is 1. The highest BCUT2D eigenvalue weighted by atomic mass is 14.9. The molecule has 1 aliphatic carbocycles. The van der Waals surface area contributed by atoms with Gasteiger partial charge in [0, 0.05) is 17.6 Å². The summed E-state index contributed by atoms with van der Waals surface area (Å²) in [5.41, 5.74) is 2.54. The number of benzene rings is 1. The van der Waals surface area contributed by atoms with E-state index in [0.717, 1.165) is 23.9 Å². The van der Waals surface area contributed by atoms with E-state index in [4.69, 9.17) is 0 Å². The zero-order valence-electron chi connectivity index (χ0n) is 13.2. The maximum atomic E-state index is 4.52. The minimum absolute atomic E-state index is 0.464. The summed E-state index contributed by atoms with van der Waals surface area (Å²) >= 11 is 0. The van der Waals surface area contributed by atoms with Gasteiger partial charge in [-0.25, -0.2) is 0 Å². The molecule has 1 aliphatic rings. The smallest absolute Gasteiger partial charge is 0.0705 e. The fourth-order valence-electron chi connectivity index (χ4n) is 3.93. The largest absolute Gasteiger partial charge is 0.310 e. The van der Waals surface area contributed by atoms with E-state index < -0.39 is 0 Å². The molecule has 1 saturated carbocycles. The average molecular weight is 282 g/mol. The van der Waals surface area contributed by atoms with Crippen LogP contribution in [0.1, 0.15) is 51.1 Å². The van der Waals surface area contributed by atoms with Crippen LogP contribution in [0.25, 0.3) is 10.9 Å². The predicted molar refractivity (Wildman–Crippen MR) is 89.3 cm³/mol. The molecule has 1 fully saturated rings. The zero-order valence-corrected chi connectivity index (χ0v) is 13.2. The summed E-state index contributed by atoms with van der Waals surface area (Å²) in [6, 6.07) is 11.3. The molecule has 1 N–H and O–H groups in total. The van der Waals surface area contributed by atoms with Crippen molar-refractivity contribution in [2.75, 3.05) is 6.54 Å². The van der Waals surface area contributed by atoms with Crippen molar-refractivity contribution in [2.45, 2.75) is 45.6 Å². The van der Waals surface area contributed by atoms with Crippen molar-refractivity contribution in [1.82, 2.24) is 10.3 Å². The third kappa shape index (κ3) is 3.11. The quantitative estimate of drug-likeness (QED) is 0.878. The number of hydrogen-bond donors (Lipinski definition) is 1. The molecular weight excluding hydrogens is 256 g/mol. The monoisotopic (exact) mass is 282 g/mol. The molecule has 0 bridgehead atoms. The van der Waals surface area contributed by atoms with Crippen molar-refractivity contribution in [1.29, 1.82) is 0 Å². The molecular formula is C19H26N2. The standard InChI is InChI=1S/C19H26N2/c1-3-20-19(15-8-4-7-14(2)13-15)17-9-5-11-18-16(17)10-6-12-21-18/h5-6,9-12,14-15,19-20H,3-4,7-8,13H2,1-2H3. The van der Waals surface area contributed by atoms with E-state index in [1.807, 2.05) is 6.20 Å². The lowest BCUT2D eigenvalue weighted by atomic mass is 9.76. The van der Waals surface area contributed by atoms with E-state index in [0.29, 0.717) is 6.04 Å². The Balaban J connectivity index is 1.98. The SMILES string of the molecule is CCNC(c1cccc2ncccc12)C1CCCC(C)C1. The van der Waals surface area contributed by atoms with Crippen molar-refractivity contribution in [3.63, 3.8) is 0 Å². The molecule has 2 aromatic rings. The summed E-state index contributed by atoms with van der Waals surface area (Å²) < 4.78 is 0. The van der Waals surface area contributed by atoms with Crippen LogP contribution in [0.4, 0.5) is 0 Å². The third-order valence-corrected chi connectivity index (χ3v) is 4.89. The van der Waals surface area contributed by atoms with E-state index in [-0.39, 0.29) is 0 Å². The maximum Gasteiger partial charge on any atom is 0.0705 e. The molecule has 21 heavy (non-hydrogen) atoms. The number of nitrogens with one attached hydrogen (secondary N) is 1. The van der Waals surface area contributed by atoms with Crippen LogP contribution >= 0.6 is 0 Å². The summed E-state index contributed by atoms with van der Waals surface area (Å²) in [6.07, 6.45) is 7.34. The second-order valence-corrected chi connectivity index (χ2v) is 6.48. The normalized spacial score (nSPS) is 24.1. The Kier molecular flexibility index (Phi) is 4.54. The molecule has 1 aromatic heterocycles. The van der Waals surface area contributed by atoms with Crippen molar-refractivity contribution < 1.29 is 0 Å². The molecule has 2 heteroatoms. The summed E-state index contributed by atoms with van der Waals surface area (Å²) in [4.78, 5) is 4.52. The minimum atomic E-state index is 0.464. The predicted octanol–water partition coefficient (Wildman–Crippen LogP) is 4.71. The molecule has 112 valence electrons. The second-order valence-electron chi connectivity index (χ2n) is 6.48. The molecule has 0 aliphatic heterocycles. The Morgan fingerprint density at radius 1 is 1.24 bits per heavy atom. The van der Waals surface area contributed by atoms with Gasteiger partial charge in [0.1, 0.15) is 0 Å². The van der Waals surface area contributed by atoms with E-state index in [1.165, 1.54) is 36.6 Å². The lowest BCUT2D eigenvalue weighted by Crippen LogP contribution is -2.31. The minimum Gasteiger partial charge on any atom is -0.310 e. The number of aromatic nitrogens is 1. The molecule has 0 saturated heterocycles. The van der Waals surface area contributed by atoms with Crippen molar-refractivity contribution >= 4 is 10.9 Å². The van der Waals surface area contributed by atoms with Crippen molar-refractivity contribution in [2.24, 2.45) is 11.8 Å². The molecule has 3 rings (SSSR count). The van der Waals surface area contributed by atoms with Gasteiger partial charge in [-0.15, -0.1) is 0 Å². The molecule has 0 spiro atoms. The molecule has 0 amide bonds. The topological polar surface area (TPSA) is 24.9 Å². The lowest BCUT2D eigenvalue weighted by molar-refractivity contribution is 0.226. The van der Waals surface area contributed by atoms with Crippen LogP contribution in [0.3, 0.4) is 0 Å². The lowest BCUT2D eigenvalue weighted by Gasteiger charge is -2.34. The average Bonchev–Trinajstić information content (AvgIpc) is 2.52. The summed E-state index contributed by atoms with van der Waals surface area (Å²) in [7, 11) is 0. The Bertz CT molecular complexity index is 588. The van der Waals surface area contributed by atoms with Crippen molar-refractivity contribution in [3.05, 3.63) is 42.1 Å². The Morgan fingerprint density at radius 2 is 2.14 bits per heavy atom. The van der Waals surface area contributed by atoms with Gasteiger partial charge in [0.25, 0.3) is 0 Å². The van der Waals surface area contributed by atoms with Gasteiger partial charge in [0.05, 0.1) is 5.52 Å². The van der Waals surface area contributed by atoms with Gasteiger partial charge in [0.15, 0.2) is 0 Å². The molecule has 0 radical (unpaired) electrons. The third-order valence-electron chi connectivity index (χ3n) is 4.89. The number of fused-ring (bicyclic) bond motifs is 1. The van der Waals surface area contributed by atoms with E-state index in [1.54, 1.807) is 0 Å². The van der Waals surface area contributed by atoms with Crippen molar-refractivity contribution in [3.8, 4) is 0 Å². The van der Waals surface area contributed by atoms with E-state index >= 15 is 0 Å². The van der Waals surface area contributed by atoms with Crippen LogP contribution in [-0.2, 0) is 0 Å². The van der Waals surface area contributed by atoms with Gasteiger partial charge in [0.2, 0.25) is 0 Å². The molecule has 1 heterocycles. The maximum absolute atomic E-state index is 4.52. The van der Waals surface area contributed by atoms with Crippen LogP contribution in [0.15, 0.2) is 36.5 Å². The summed E-state index contributed by atoms with van der Waals surface area (Å²) in [6.45, 7) is 5.63. The fourth-order valence-corrected chi connectivity index (χ4v) is 3.93. The van der Waals surface area contributed by atoms with Crippen LogP contribution in [0, 0.1) is 11.8 Å². The van der Waals surface area contributed by atoms with Gasteiger partial charge in [-0.2, -0.15) is 0 Å². The highest BCUT2D eigenvalue weighted by Crippen LogP contribution is 2.38. The first kappa shape index (κ1) is 14.5. The van der Waals surface area contributed by atoms with Crippen LogP contribution in [0.2, 0.25) is 0 Å². The summed E-state index contributed by atoms with van der Waals surface area (Å²) in [5.74, 6) is 1.61. The highest BCUT2D eigenvalue weighted by Gasteiger charge is 2.28. The van der Waals surface area contributed by atoms with Gasteiger partial charge in [-0.05, 0) is 48.9 Å². The van der Waals surface area contributed by atoms with Gasteiger partial charge >= 0.3 is 0 Å². The Morgan fingerprint density at radius 3 is 2.95 bits per heavy atom. The van der Waals surface area contributed by atoms with Crippen LogP contribution < -0.4 is 5.32 Å². The molecule has 3 unspecified atom stereocenters. The van der Waals surface area contributed by atoms with Crippen LogP contribution in [-0.4, -0.2) is 11.5 Å². The first-order valence-corrected chi connectivity index (χ1v) is 8.36. The molecule has 2 nitrogen and oxygen atoms in total. The molecule has 3 atom stereocenters. The van der Waals surface area contributed by atoms with E-state index in [2.05, 4.69) is 54.5 Å². The molecule has 1 aromatic carbocycles. The highest BCUT2D eigenvalue weighted by molar-refractivity contribution is 5.82. The fraction of sp³-hybridized carbons (Fsp3) is 0.526. The number of rotatable bonds is 4. The summed E-state index contributed by atoms with van der Waals surface area (Å²) in [5, 5.41) is 5.06. The second kappa shape index (κ2) is 6.57. The first-order chi connectivity index (χ1) is 10.3. The van der Waals surface area contributed by atoms with E-state index in [9.17, 15) is 0 Å². The number of pyridine rings is 1. The zero-order chi connectivity index (χ0) is 14.7. The Hall–Kier alpha value is -1.41. The number of hydrogen-bond acceptors (Lipinski definition) is 2. The first-order valence-electron chi connectivity index (χ1n) is 8.36. The van der Waals surface area contributed by atoms with Gasteiger partial charge < -0.3 is 5.32 Å². The van der Waals surface area contributed by atoms with Gasteiger partial charge in [-0.3, -0.25) is 4.98 Å². The van der Waals surface area contributed by atoms with Crippen LogP contribution in [0.5, 0.6) is 0 Å².